The number of nitrogens with zero attached hydrogens (tertiary/aromatic N) is 1. The van der Waals surface area contributed by atoms with Gasteiger partial charge < -0.3 is 0 Å². The first-order valence-electron chi connectivity index (χ1n) is 6.07. The Morgan fingerprint density at radius 1 is 0.800 bits per heavy atom. The highest BCUT2D eigenvalue weighted by atomic mass is 19.4. The number of aromatic nitrogens is 1. The lowest BCUT2D eigenvalue weighted by molar-refractivity contribution is -0.137. The Morgan fingerprint density at radius 2 is 1.55 bits per heavy atom. The zero-order valence-electron chi connectivity index (χ0n) is 10.4. The molecule has 0 aliphatic carbocycles. The first-order chi connectivity index (χ1) is 9.55. The molecule has 0 N–H and O–H groups in total. The maximum absolute atomic E-state index is 12.6. The third-order valence-corrected chi connectivity index (χ3v) is 3.17. The summed E-state index contributed by atoms with van der Waals surface area (Å²) in [7, 11) is 0. The number of benzene rings is 2. The van der Waals surface area contributed by atoms with Gasteiger partial charge in [0.05, 0.1) is 11.1 Å². The molecule has 0 fully saturated rings. The Kier molecular flexibility index (Phi) is 2.93. The molecule has 0 aliphatic heterocycles. The molecule has 100 valence electrons. The van der Waals surface area contributed by atoms with E-state index in [0.29, 0.717) is 0 Å². The predicted octanol–water partition coefficient (Wildman–Crippen LogP) is 4.92. The van der Waals surface area contributed by atoms with Gasteiger partial charge in [-0.25, -0.2) is 0 Å². The highest BCUT2D eigenvalue weighted by molar-refractivity contribution is 5.94. The summed E-state index contributed by atoms with van der Waals surface area (Å²) in [6.07, 6.45) is -2.61. The topological polar surface area (TPSA) is 12.9 Å². The first-order valence-corrected chi connectivity index (χ1v) is 6.07. The van der Waals surface area contributed by atoms with Gasteiger partial charge in [0.25, 0.3) is 0 Å². The summed E-state index contributed by atoms with van der Waals surface area (Å²) in [6, 6.07) is 14.5. The Balaban J connectivity index is 2.12. The molecule has 0 aliphatic rings. The van der Waals surface area contributed by atoms with E-state index in [1.54, 1.807) is 6.20 Å². The molecule has 0 spiro atoms. The summed E-state index contributed by atoms with van der Waals surface area (Å²) in [5, 5.41) is 0.926. The minimum absolute atomic E-state index is 0.639. The van der Waals surface area contributed by atoms with Gasteiger partial charge >= 0.3 is 6.18 Å². The van der Waals surface area contributed by atoms with Crippen LogP contribution in [0.1, 0.15) is 5.56 Å². The lowest BCUT2D eigenvalue weighted by Crippen LogP contribution is -2.04. The fourth-order valence-electron chi connectivity index (χ4n) is 2.19. The summed E-state index contributed by atoms with van der Waals surface area (Å²) in [5.41, 5.74) is 1.81. The highest BCUT2D eigenvalue weighted by Crippen LogP contribution is 2.32. The van der Waals surface area contributed by atoms with Crippen molar-refractivity contribution in [3.63, 3.8) is 0 Å². The van der Waals surface area contributed by atoms with Crippen molar-refractivity contribution in [2.24, 2.45) is 0 Å². The molecule has 1 nitrogen and oxygen atoms in total. The summed E-state index contributed by atoms with van der Waals surface area (Å²) in [4.78, 5) is 4.24. The molecule has 0 saturated heterocycles. The number of alkyl halides is 3. The van der Waals surface area contributed by atoms with E-state index in [2.05, 4.69) is 4.98 Å². The Morgan fingerprint density at radius 3 is 2.25 bits per heavy atom. The molecular weight excluding hydrogens is 263 g/mol. The van der Waals surface area contributed by atoms with Gasteiger partial charge in [0, 0.05) is 11.6 Å². The Labute approximate surface area is 113 Å². The molecule has 0 unspecified atom stereocenters. The SMILES string of the molecule is FC(F)(F)c1ccc(-c2cccc3ncccc23)cc1. The van der Waals surface area contributed by atoms with Crippen LogP contribution in [-0.4, -0.2) is 4.98 Å². The molecule has 2 aromatic carbocycles. The van der Waals surface area contributed by atoms with Crippen molar-refractivity contribution in [2.45, 2.75) is 6.18 Å². The van der Waals surface area contributed by atoms with Gasteiger partial charge in [0.15, 0.2) is 0 Å². The number of halogens is 3. The van der Waals surface area contributed by atoms with Crippen LogP contribution in [0.15, 0.2) is 60.8 Å². The normalized spacial score (nSPS) is 11.8. The maximum Gasteiger partial charge on any atom is 0.416 e. The van der Waals surface area contributed by atoms with Crippen LogP contribution in [0.4, 0.5) is 13.2 Å². The van der Waals surface area contributed by atoms with E-state index >= 15 is 0 Å². The molecule has 0 radical (unpaired) electrons. The van der Waals surface area contributed by atoms with Gasteiger partial charge in [-0.05, 0) is 35.4 Å². The molecule has 4 heteroatoms. The van der Waals surface area contributed by atoms with E-state index in [1.807, 2.05) is 30.3 Å². The average Bonchev–Trinajstić information content (AvgIpc) is 2.46. The van der Waals surface area contributed by atoms with Crippen LogP contribution in [0, 0.1) is 0 Å². The monoisotopic (exact) mass is 273 g/mol. The fraction of sp³-hybridized carbons (Fsp3) is 0.0625. The number of hydrogen-bond acceptors (Lipinski definition) is 1. The van der Waals surface area contributed by atoms with Crippen molar-refractivity contribution in [3.8, 4) is 11.1 Å². The van der Waals surface area contributed by atoms with Crippen molar-refractivity contribution in [2.75, 3.05) is 0 Å². The van der Waals surface area contributed by atoms with Crippen molar-refractivity contribution in [1.82, 2.24) is 4.98 Å². The molecular formula is C16H10F3N. The third-order valence-electron chi connectivity index (χ3n) is 3.17. The quantitative estimate of drug-likeness (QED) is 0.613. The second kappa shape index (κ2) is 4.63. The van der Waals surface area contributed by atoms with Crippen molar-refractivity contribution in [3.05, 3.63) is 66.4 Å². The van der Waals surface area contributed by atoms with Gasteiger partial charge in [-0.1, -0.05) is 30.3 Å². The van der Waals surface area contributed by atoms with Gasteiger partial charge in [-0.15, -0.1) is 0 Å². The van der Waals surface area contributed by atoms with Crippen LogP contribution >= 0.6 is 0 Å². The maximum atomic E-state index is 12.6. The van der Waals surface area contributed by atoms with Crippen molar-refractivity contribution >= 4 is 10.9 Å². The summed E-state index contributed by atoms with van der Waals surface area (Å²) in [6.45, 7) is 0. The van der Waals surface area contributed by atoms with Crippen LogP contribution in [0.5, 0.6) is 0 Å². The Bertz CT molecular complexity index is 740. The Hall–Kier alpha value is -2.36. The highest BCUT2D eigenvalue weighted by Gasteiger charge is 2.29. The molecule has 0 atom stereocenters. The summed E-state index contributed by atoms with van der Waals surface area (Å²) in [5.74, 6) is 0. The van der Waals surface area contributed by atoms with Crippen LogP contribution < -0.4 is 0 Å². The van der Waals surface area contributed by atoms with Crippen LogP contribution in [-0.2, 0) is 6.18 Å². The number of pyridine rings is 1. The minimum atomic E-state index is -4.31. The lowest BCUT2D eigenvalue weighted by Gasteiger charge is -2.09. The number of hydrogen-bond donors (Lipinski definition) is 0. The fourth-order valence-corrected chi connectivity index (χ4v) is 2.19. The molecule has 0 bridgehead atoms. The number of fused-ring (bicyclic) bond motifs is 1. The first kappa shape index (κ1) is 12.7. The van der Waals surface area contributed by atoms with Gasteiger partial charge in [0.2, 0.25) is 0 Å². The zero-order valence-corrected chi connectivity index (χ0v) is 10.4. The lowest BCUT2D eigenvalue weighted by atomic mass is 9.99. The van der Waals surface area contributed by atoms with Gasteiger partial charge in [-0.3, -0.25) is 4.98 Å². The summed E-state index contributed by atoms with van der Waals surface area (Å²) < 4.78 is 37.7. The van der Waals surface area contributed by atoms with Crippen molar-refractivity contribution in [1.29, 1.82) is 0 Å². The molecule has 1 heterocycles. The van der Waals surface area contributed by atoms with E-state index in [0.717, 1.165) is 34.2 Å². The van der Waals surface area contributed by atoms with Crippen LogP contribution in [0.3, 0.4) is 0 Å². The number of rotatable bonds is 1. The standard InChI is InChI=1S/C16H10F3N/c17-16(18,19)12-8-6-11(7-9-12)13-3-1-5-15-14(13)4-2-10-20-15/h1-10H. The molecule has 1 aromatic heterocycles. The van der Waals surface area contributed by atoms with Crippen molar-refractivity contribution < 1.29 is 13.2 Å². The summed E-state index contributed by atoms with van der Waals surface area (Å²) >= 11 is 0. The second-order valence-electron chi connectivity index (χ2n) is 4.45. The minimum Gasteiger partial charge on any atom is -0.256 e. The van der Waals surface area contributed by atoms with E-state index in [-0.39, 0.29) is 0 Å². The van der Waals surface area contributed by atoms with Crippen LogP contribution in [0.25, 0.3) is 22.0 Å². The molecule has 20 heavy (non-hydrogen) atoms. The van der Waals surface area contributed by atoms with Gasteiger partial charge in [0.1, 0.15) is 0 Å². The predicted molar refractivity (Wildman–Crippen MR) is 72.2 cm³/mol. The smallest absolute Gasteiger partial charge is 0.256 e. The van der Waals surface area contributed by atoms with Crippen LogP contribution in [0.2, 0.25) is 0 Å². The third kappa shape index (κ3) is 2.25. The van der Waals surface area contributed by atoms with E-state index in [1.165, 1.54) is 12.1 Å². The van der Waals surface area contributed by atoms with E-state index < -0.39 is 11.7 Å². The van der Waals surface area contributed by atoms with E-state index in [9.17, 15) is 13.2 Å². The molecule has 0 amide bonds. The van der Waals surface area contributed by atoms with Gasteiger partial charge in [-0.2, -0.15) is 13.2 Å². The van der Waals surface area contributed by atoms with E-state index in [4.69, 9.17) is 0 Å². The average molecular weight is 273 g/mol. The molecule has 3 rings (SSSR count). The second-order valence-corrected chi connectivity index (χ2v) is 4.45. The molecule has 0 saturated carbocycles. The molecule has 3 aromatic rings. The zero-order chi connectivity index (χ0) is 14.2. The largest absolute Gasteiger partial charge is 0.416 e.